The van der Waals surface area contributed by atoms with Gasteiger partial charge in [-0.1, -0.05) is 0 Å². The number of amides is 1. The van der Waals surface area contributed by atoms with E-state index >= 15 is 0 Å². The van der Waals surface area contributed by atoms with Crippen LogP contribution in [0.1, 0.15) is 13.8 Å². The van der Waals surface area contributed by atoms with Crippen molar-refractivity contribution >= 4 is 11.7 Å². The maximum absolute atomic E-state index is 10.9. The monoisotopic (exact) mass is 157 g/mol. The summed E-state index contributed by atoms with van der Waals surface area (Å²) in [6.07, 6.45) is -0.464. The van der Waals surface area contributed by atoms with Crippen LogP contribution in [0.25, 0.3) is 0 Å². The maximum atomic E-state index is 10.9. The molecule has 1 aliphatic rings. The van der Waals surface area contributed by atoms with Crippen LogP contribution < -0.4 is 5.32 Å². The zero-order valence-electron chi connectivity index (χ0n) is 6.59. The molecule has 0 radical (unpaired) electrons. The summed E-state index contributed by atoms with van der Waals surface area (Å²) in [5, 5.41) is 2.50. The van der Waals surface area contributed by atoms with Crippen molar-refractivity contribution in [2.24, 2.45) is 0 Å². The SMILES string of the molecule is CC(C)NC(=O)C(=O)C1CO1. The summed E-state index contributed by atoms with van der Waals surface area (Å²) in [6.45, 7) is 4.00. The first kappa shape index (κ1) is 8.20. The minimum absolute atomic E-state index is 0.00481. The first-order valence-electron chi connectivity index (χ1n) is 3.57. The fraction of sp³-hybridized carbons (Fsp3) is 0.714. The van der Waals surface area contributed by atoms with Gasteiger partial charge in [-0.25, -0.2) is 0 Å². The molecule has 4 nitrogen and oxygen atoms in total. The lowest BCUT2D eigenvalue weighted by molar-refractivity contribution is -0.138. The summed E-state index contributed by atoms with van der Waals surface area (Å²) in [4.78, 5) is 21.8. The van der Waals surface area contributed by atoms with Crippen molar-refractivity contribution in [1.82, 2.24) is 5.32 Å². The second-order valence-electron chi connectivity index (χ2n) is 2.81. The van der Waals surface area contributed by atoms with Crippen LogP contribution in [0.4, 0.5) is 0 Å². The van der Waals surface area contributed by atoms with Gasteiger partial charge in [-0.2, -0.15) is 0 Å². The van der Waals surface area contributed by atoms with E-state index in [9.17, 15) is 9.59 Å². The number of hydrogen-bond acceptors (Lipinski definition) is 3. The van der Waals surface area contributed by atoms with E-state index in [0.717, 1.165) is 0 Å². The number of nitrogens with one attached hydrogen (secondary N) is 1. The minimum Gasteiger partial charge on any atom is -0.364 e. The van der Waals surface area contributed by atoms with Crippen molar-refractivity contribution in [3.63, 3.8) is 0 Å². The third-order valence-corrected chi connectivity index (χ3v) is 1.27. The molecule has 0 aromatic rings. The molecule has 1 rings (SSSR count). The van der Waals surface area contributed by atoms with Crippen molar-refractivity contribution in [1.29, 1.82) is 0 Å². The van der Waals surface area contributed by atoms with Crippen LogP contribution in [-0.4, -0.2) is 30.4 Å². The predicted molar refractivity (Wildman–Crippen MR) is 38.0 cm³/mol. The molecule has 62 valence electrons. The molecule has 1 N–H and O–H groups in total. The Morgan fingerprint density at radius 1 is 1.55 bits per heavy atom. The third kappa shape index (κ3) is 2.31. The van der Waals surface area contributed by atoms with Crippen LogP contribution in [-0.2, 0) is 14.3 Å². The molecule has 11 heavy (non-hydrogen) atoms. The highest BCUT2D eigenvalue weighted by molar-refractivity contribution is 6.38. The van der Waals surface area contributed by atoms with Gasteiger partial charge in [0.1, 0.15) is 6.10 Å². The maximum Gasteiger partial charge on any atom is 0.290 e. The molecule has 0 aliphatic carbocycles. The van der Waals surface area contributed by atoms with Gasteiger partial charge in [-0.15, -0.1) is 0 Å². The Labute approximate surface area is 64.9 Å². The molecule has 1 fully saturated rings. The first-order chi connectivity index (χ1) is 5.11. The first-order valence-corrected chi connectivity index (χ1v) is 3.57. The Morgan fingerprint density at radius 2 is 2.09 bits per heavy atom. The number of rotatable bonds is 3. The molecule has 0 saturated carbocycles. The number of ether oxygens (including phenoxy) is 1. The summed E-state index contributed by atoms with van der Waals surface area (Å²) in [6, 6.07) is 0.00481. The van der Waals surface area contributed by atoms with E-state index < -0.39 is 17.8 Å². The van der Waals surface area contributed by atoms with Gasteiger partial charge in [0.05, 0.1) is 6.61 Å². The molecule has 0 aromatic heterocycles. The van der Waals surface area contributed by atoms with Crippen molar-refractivity contribution in [3.05, 3.63) is 0 Å². The van der Waals surface area contributed by atoms with Gasteiger partial charge in [-0.3, -0.25) is 9.59 Å². The highest BCUT2D eigenvalue weighted by Crippen LogP contribution is 2.09. The van der Waals surface area contributed by atoms with Gasteiger partial charge in [-0.05, 0) is 13.8 Å². The molecular weight excluding hydrogens is 146 g/mol. The molecule has 1 unspecified atom stereocenters. The van der Waals surface area contributed by atoms with Crippen molar-refractivity contribution in [3.8, 4) is 0 Å². The molecule has 1 amide bonds. The number of hydrogen-bond donors (Lipinski definition) is 1. The normalized spacial score (nSPS) is 21.5. The van der Waals surface area contributed by atoms with Crippen molar-refractivity contribution in [2.75, 3.05) is 6.61 Å². The van der Waals surface area contributed by atoms with Gasteiger partial charge in [0.25, 0.3) is 11.7 Å². The topological polar surface area (TPSA) is 58.7 Å². The molecule has 1 saturated heterocycles. The highest BCUT2D eigenvalue weighted by Gasteiger charge is 2.35. The molecule has 0 spiro atoms. The summed E-state index contributed by atoms with van der Waals surface area (Å²) in [5.74, 6) is -0.999. The third-order valence-electron chi connectivity index (χ3n) is 1.27. The quantitative estimate of drug-likeness (QED) is 0.443. The molecule has 1 atom stereocenters. The number of carbonyl (C=O) groups is 2. The van der Waals surface area contributed by atoms with E-state index in [2.05, 4.69) is 10.1 Å². The van der Waals surface area contributed by atoms with Gasteiger partial charge in [0.2, 0.25) is 0 Å². The molecule has 1 aliphatic heterocycles. The largest absolute Gasteiger partial charge is 0.364 e. The van der Waals surface area contributed by atoms with E-state index in [-0.39, 0.29) is 6.04 Å². The van der Waals surface area contributed by atoms with E-state index in [1.54, 1.807) is 13.8 Å². The molecule has 0 aromatic carbocycles. The minimum atomic E-state index is -0.539. The smallest absolute Gasteiger partial charge is 0.290 e. The van der Waals surface area contributed by atoms with Crippen LogP contribution in [0.3, 0.4) is 0 Å². The second kappa shape index (κ2) is 3.00. The fourth-order valence-corrected chi connectivity index (χ4v) is 0.679. The van der Waals surface area contributed by atoms with Crippen LogP contribution >= 0.6 is 0 Å². The van der Waals surface area contributed by atoms with E-state index in [4.69, 9.17) is 0 Å². The van der Waals surface area contributed by atoms with E-state index in [1.807, 2.05) is 0 Å². The van der Waals surface area contributed by atoms with Gasteiger partial charge < -0.3 is 10.1 Å². The highest BCUT2D eigenvalue weighted by atomic mass is 16.6. The van der Waals surface area contributed by atoms with Crippen molar-refractivity contribution < 1.29 is 14.3 Å². The number of carbonyl (C=O) groups excluding carboxylic acids is 2. The summed E-state index contributed by atoms with van der Waals surface area (Å²) in [7, 11) is 0. The van der Waals surface area contributed by atoms with Crippen LogP contribution in [0.5, 0.6) is 0 Å². The lowest BCUT2D eigenvalue weighted by atomic mass is 10.2. The second-order valence-corrected chi connectivity index (χ2v) is 2.81. The number of Topliss-reactive ketones (excluding diaryl/α,β-unsaturated/α-hetero) is 1. The Morgan fingerprint density at radius 3 is 2.45 bits per heavy atom. The predicted octanol–water partition coefficient (Wildman–Crippen LogP) is -0.521. The Balaban J connectivity index is 2.34. The summed E-state index contributed by atoms with van der Waals surface area (Å²) < 4.78 is 4.66. The number of ketones is 1. The van der Waals surface area contributed by atoms with E-state index in [0.29, 0.717) is 6.61 Å². The van der Waals surface area contributed by atoms with Gasteiger partial charge in [0, 0.05) is 6.04 Å². The average molecular weight is 157 g/mol. The van der Waals surface area contributed by atoms with E-state index in [1.165, 1.54) is 0 Å². The Hall–Kier alpha value is -0.900. The Bertz CT molecular complexity index is 184. The van der Waals surface area contributed by atoms with Gasteiger partial charge in [0.15, 0.2) is 0 Å². The molecule has 0 bridgehead atoms. The van der Waals surface area contributed by atoms with Gasteiger partial charge >= 0.3 is 0 Å². The lowest BCUT2D eigenvalue weighted by Crippen LogP contribution is -2.38. The van der Waals surface area contributed by atoms with Crippen LogP contribution in [0.15, 0.2) is 0 Å². The standard InChI is InChI=1S/C7H11NO3/c1-4(2)8-7(10)6(9)5-3-11-5/h4-5H,3H2,1-2H3,(H,8,10). The van der Waals surface area contributed by atoms with Crippen LogP contribution in [0.2, 0.25) is 0 Å². The summed E-state index contributed by atoms with van der Waals surface area (Å²) in [5.41, 5.74) is 0. The molecular formula is C7H11NO3. The summed E-state index contributed by atoms with van der Waals surface area (Å²) >= 11 is 0. The average Bonchev–Trinajstić information content (AvgIpc) is 2.65. The number of epoxide rings is 1. The molecule has 4 heteroatoms. The fourth-order valence-electron chi connectivity index (χ4n) is 0.679. The molecule has 1 heterocycles. The lowest BCUT2D eigenvalue weighted by Gasteiger charge is -2.04. The Kier molecular flexibility index (Phi) is 2.24. The zero-order chi connectivity index (χ0) is 8.43. The van der Waals surface area contributed by atoms with Crippen LogP contribution in [0, 0.1) is 0 Å². The zero-order valence-corrected chi connectivity index (χ0v) is 6.59. The van der Waals surface area contributed by atoms with Crippen molar-refractivity contribution in [2.45, 2.75) is 26.0 Å².